The first-order valence-electron chi connectivity index (χ1n) is 17.1. The third kappa shape index (κ3) is 5.28. The molecule has 0 spiro atoms. The van der Waals surface area contributed by atoms with Gasteiger partial charge in [0.15, 0.2) is 23.2 Å². The zero-order chi connectivity index (χ0) is 34.5. The van der Waals surface area contributed by atoms with Gasteiger partial charge in [-0.05, 0) is 73.5 Å². The lowest BCUT2D eigenvalue weighted by molar-refractivity contribution is 0.661. The van der Waals surface area contributed by atoms with Gasteiger partial charge in [-0.3, -0.25) is 0 Å². The number of hydrogen-bond donors (Lipinski definition) is 0. The number of hydrogen-bond acceptors (Lipinski definition) is 3. The minimum absolute atomic E-state index is 0.220. The van der Waals surface area contributed by atoms with Crippen LogP contribution >= 0.6 is 0 Å². The molecule has 4 heteroatoms. The summed E-state index contributed by atoms with van der Waals surface area (Å²) in [6.45, 7) is 12.1. The molecule has 0 radical (unpaired) electrons. The SMILES string of the molecule is [C-]#[N+]c1ccc2c(c1)C(C)(C)c1cc(-c3cc4ccccc4cc3-c3ccc(-c4nc(-c5ccccc5)nc(-c5ccccc5)n4)cc3)ccc1-2. The molecule has 0 atom stereocenters. The van der Waals surface area contributed by atoms with Crippen molar-refractivity contribution in [2.24, 2.45) is 0 Å². The Hall–Kier alpha value is -6.70. The third-order valence-electron chi connectivity index (χ3n) is 10.1. The van der Waals surface area contributed by atoms with Crippen molar-refractivity contribution >= 4 is 16.5 Å². The van der Waals surface area contributed by atoms with Crippen LogP contribution < -0.4 is 0 Å². The third-order valence-corrected chi connectivity index (χ3v) is 10.1. The zero-order valence-electron chi connectivity index (χ0n) is 28.3. The van der Waals surface area contributed by atoms with Crippen molar-refractivity contribution in [3.8, 4) is 67.5 Å². The lowest BCUT2D eigenvalue weighted by Crippen LogP contribution is -2.15. The van der Waals surface area contributed by atoms with Gasteiger partial charge in [0, 0.05) is 22.1 Å². The highest BCUT2D eigenvalue weighted by atomic mass is 15.0. The van der Waals surface area contributed by atoms with Crippen LogP contribution in [0.3, 0.4) is 0 Å². The summed E-state index contributed by atoms with van der Waals surface area (Å²) in [5.74, 6) is 1.93. The molecule has 7 aromatic carbocycles. The summed E-state index contributed by atoms with van der Waals surface area (Å²) in [4.78, 5) is 18.5. The lowest BCUT2D eigenvalue weighted by atomic mass is 9.81. The van der Waals surface area contributed by atoms with Gasteiger partial charge in [-0.15, -0.1) is 0 Å². The van der Waals surface area contributed by atoms with E-state index in [1.165, 1.54) is 44.2 Å². The van der Waals surface area contributed by atoms with Crippen LogP contribution in [0.4, 0.5) is 5.69 Å². The van der Waals surface area contributed by atoms with Crippen LogP contribution in [0.1, 0.15) is 25.0 Å². The maximum absolute atomic E-state index is 7.58. The van der Waals surface area contributed by atoms with Gasteiger partial charge in [0.2, 0.25) is 0 Å². The van der Waals surface area contributed by atoms with Crippen LogP contribution in [0.15, 0.2) is 158 Å². The summed E-state index contributed by atoms with van der Waals surface area (Å²) in [5, 5.41) is 2.39. The number of benzene rings is 7. The zero-order valence-corrected chi connectivity index (χ0v) is 28.3. The molecule has 0 fully saturated rings. The van der Waals surface area contributed by atoms with Gasteiger partial charge < -0.3 is 0 Å². The summed E-state index contributed by atoms with van der Waals surface area (Å²) in [5.41, 5.74) is 12.8. The molecule has 4 nitrogen and oxygen atoms in total. The van der Waals surface area contributed by atoms with Crippen molar-refractivity contribution in [1.82, 2.24) is 15.0 Å². The number of fused-ring (bicyclic) bond motifs is 4. The van der Waals surface area contributed by atoms with Gasteiger partial charge in [-0.25, -0.2) is 19.8 Å². The van der Waals surface area contributed by atoms with E-state index in [9.17, 15) is 0 Å². The molecule has 0 aliphatic heterocycles. The highest BCUT2D eigenvalue weighted by Gasteiger charge is 2.35. The second kappa shape index (κ2) is 12.0. The Kier molecular flexibility index (Phi) is 7.15. The largest absolute Gasteiger partial charge is 0.238 e. The quantitative estimate of drug-likeness (QED) is 0.174. The Morgan fingerprint density at radius 3 is 1.39 bits per heavy atom. The molecular weight excluding hydrogens is 621 g/mol. The standard InChI is InChI=1S/C47H32N4/c1-47(2)42-28-36(22-24-38(42)39-25-23-37(48-3)29-43(39)47)41-27-35-17-11-10-16-34(35)26-40(41)30-18-20-33(21-19-30)46-50-44(31-12-6-4-7-13-31)49-45(51-46)32-14-8-5-9-15-32/h4-29H,1-2H3. The van der Waals surface area contributed by atoms with Crippen LogP contribution in [0, 0.1) is 6.57 Å². The van der Waals surface area contributed by atoms with Gasteiger partial charge in [0.1, 0.15) is 0 Å². The molecule has 1 heterocycles. The van der Waals surface area contributed by atoms with E-state index in [4.69, 9.17) is 21.5 Å². The van der Waals surface area contributed by atoms with E-state index < -0.39 is 0 Å². The average Bonchev–Trinajstić information content (AvgIpc) is 3.42. The molecular formula is C47H32N4. The number of rotatable bonds is 5. The predicted molar refractivity (Wildman–Crippen MR) is 208 cm³/mol. The summed E-state index contributed by atoms with van der Waals surface area (Å²) in [6.07, 6.45) is 0. The molecule has 240 valence electrons. The first-order valence-corrected chi connectivity index (χ1v) is 17.1. The van der Waals surface area contributed by atoms with Crippen LogP contribution in [0.5, 0.6) is 0 Å². The Balaban J connectivity index is 1.16. The van der Waals surface area contributed by atoms with E-state index in [1.807, 2.05) is 66.7 Å². The molecule has 0 saturated carbocycles. The molecule has 0 unspecified atom stereocenters. The van der Waals surface area contributed by atoms with Gasteiger partial charge in [0.25, 0.3) is 0 Å². The fraction of sp³-hybridized carbons (Fsp3) is 0.0638. The lowest BCUT2D eigenvalue weighted by Gasteiger charge is -2.23. The van der Waals surface area contributed by atoms with Crippen LogP contribution in [0.2, 0.25) is 0 Å². The monoisotopic (exact) mass is 652 g/mol. The Labute approximate surface area is 297 Å². The van der Waals surface area contributed by atoms with Crippen molar-refractivity contribution in [3.05, 3.63) is 180 Å². The normalized spacial score (nSPS) is 12.6. The first-order chi connectivity index (χ1) is 25.0. The molecule has 0 bridgehead atoms. The van der Waals surface area contributed by atoms with Crippen molar-refractivity contribution < 1.29 is 0 Å². The van der Waals surface area contributed by atoms with Crippen molar-refractivity contribution in [1.29, 1.82) is 0 Å². The van der Waals surface area contributed by atoms with Crippen molar-refractivity contribution in [2.75, 3.05) is 0 Å². The van der Waals surface area contributed by atoms with Gasteiger partial charge >= 0.3 is 0 Å². The molecule has 1 aliphatic carbocycles. The van der Waals surface area contributed by atoms with E-state index >= 15 is 0 Å². The van der Waals surface area contributed by atoms with Crippen LogP contribution in [-0.4, -0.2) is 15.0 Å². The molecule has 0 N–H and O–H groups in total. The molecule has 1 aromatic heterocycles. The Morgan fingerprint density at radius 1 is 0.412 bits per heavy atom. The second-order valence-corrected chi connectivity index (χ2v) is 13.6. The van der Waals surface area contributed by atoms with E-state index in [2.05, 4.69) is 110 Å². The summed E-state index contributed by atoms with van der Waals surface area (Å²) in [7, 11) is 0. The minimum Gasteiger partial charge on any atom is -0.238 e. The highest BCUT2D eigenvalue weighted by molar-refractivity contribution is 5.97. The van der Waals surface area contributed by atoms with Crippen LogP contribution in [0.25, 0.3) is 83.2 Å². The van der Waals surface area contributed by atoms with Gasteiger partial charge in [-0.2, -0.15) is 0 Å². The molecule has 1 aliphatic rings. The Bertz CT molecular complexity index is 2600. The van der Waals surface area contributed by atoms with Gasteiger partial charge in [-0.1, -0.05) is 153 Å². The van der Waals surface area contributed by atoms with E-state index in [0.717, 1.165) is 27.8 Å². The van der Waals surface area contributed by atoms with E-state index in [-0.39, 0.29) is 5.41 Å². The topological polar surface area (TPSA) is 43.0 Å². The summed E-state index contributed by atoms with van der Waals surface area (Å²) in [6, 6.07) is 54.8. The maximum atomic E-state index is 7.58. The number of nitrogens with zero attached hydrogens (tertiary/aromatic N) is 4. The first kappa shape index (κ1) is 30.4. The van der Waals surface area contributed by atoms with E-state index in [1.54, 1.807) is 0 Å². The Morgan fingerprint density at radius 2 is 0.843 bits per heavy atom. The molecule has 9 rings (SSSR count). The smallest absolute Gasteiger partial charge is 0.187 e. The summed E-state index contributed by atoms with van der Waals surface area (Å²) >= 11 is 0. The average molecular weight is 653 g/mol. The van der Waals surface area contributed by atoms with Gasteiger partial charge in [0.05, 0.1) is 6.57 Å². The fourth-order valence-corrected chi connectivity index (χ4v) is 7.42. The second-order valence-electron chi connectivity index (χ2n) is 13.6. The highest BCUT2D eigenvalue weighted by Crippen LogP contribution is 2.51. The molecule has 0 amide bonds. The van der Waals surface area contributed by atoms with Crippen molar-refractivity contribution in [3.63, 3.8) is 0 Å². The minimum atomic E-state index is -0.220. The molecule has 8 aromatic rings. The summed E-state index contributed by atoms with van der Waals surface area (Å²) < 4.78 is 0. The maximum Gasteiger partial charge on any atom is 0.187 e. The van der Waals surface area contributed by atoms with E-state index in [0.29, 0.717) is 23.2 Å². The fourth-order valence-electron chi connectivity index (χ4n) is 7.42. The molecule has 51 heavy (non-hydrogen) atoms. The predicted octanol–water partition coefficient (Wildman–Crippen LogP) is 12.2. The molecule has 0 saturated heterocycles. The van der Waals surface area contributed by atoms with Crippen LogP contribution in [-0.2, 0) is 5.41 Å². The van der Waals surface area contributed by atoms with Crippen molar-refractivity contribution in [2.45, 2.75) is 19.3 Å². The number of aromatic nitrogens is 3.